The zero-order valence-corrected chi connectivity index (χ0v) is 13.2. The summed E-state index contributed by atoms with van der Waals surface area (Å²) in [6.07, 6.45) is 4.70. The summed E-state index contributed by atoms with van der Waals surface area (Å²) < 4.78 is 2.27. The molecule has 0 fully saturated rings. The highest BCUT2D eigenvalue weighted by Gasteiger charge is 2.08. The van der Waals surface area contributed by atoms with Crippen molar-refractivity contribution in [3.63, 3.8) is 0 Å². The number of benzene rings is 2. The van der Waals surface area contributed by atoms with Crippen LogP contribution in [0.2, 0.25) is 0 Å². The SMILES string of the molecule is CCn1c2ccccc2c2cc(C=CC=C(C#N)C(=O)O)ccc21. The van der Waals surface area contributed by atoms with E-state index in [1.54, 1.807) is 18.2 Å². The van der Waals surface area contributed by atoms with Crippen molar-refractivity contribution in [2.24, 2.45) is 0 Å². The quantitative estimate of drug-likeness (QED) is 0.442. The Morgan fingerprint density at radius 1 is 1.21 bits per heavy atom. The first kappa shape index (κ1) is 15.6. The highest BCUT2D eigenvalue weighted by Crippen LogP contribution is 2.29. The van der Waals surface area contributed by atoms with Crippen molar-refractivity contribution in [1.82, 2.24) is 4.57 Å². The number of nitriles is 1. The molecule has 0 amide bonds. The molecule has 0 saturated carbocycles. The summed E-state index contributed by atoms with van der Waals surface area (Å²) in [5.74, 6) is -1.22. The molecule has 4 nitrogen and oxygen atoms in total. The molecule has 0 radical (unpaired) electrons. The Kier molecular flexibility index (Phi) is 4.17. The van der Waals surface area contributed by atoms with Crippen LogP contribution in [0.15, 0.2) is 60.2 Å². The second-order valence-corrected chi connectivity index (χ2v) is 5.39. The third-order valence-corrected chi connectivity index (χ3v) is 4.02. The van der Waals surface area contributed by atoms with E-state index in [0.717, 1.165) is 17.5 Å². The van der Waals surface area contributed by atoms with Gasteiger partial charge in [0, 0.05) is 28.4 Å². The van der Waals surface area contributed by atoms with E-state index in [1.165, 1.54) is 22.5 Å². The molecule has 1 heterocycles. The zero-order valence-electron chi connectivity index (χ0n) is 13.2. The maximum Gasteiger partial charge on any atom is 0.346 e. The van der Waals surface area contributed by atoms with Crippen LogP contribution in [0.4, 0.5) is 0 Å². The van der Waals surface area contributed by atoms with E-state index in [9.17, 15) is 4.79 Å². The van der Waals surface area contributed by atoms with Gasteiger partial charge in [0.05, 0.1) is 0 Å². The van der Waals surface area contributed by atoms with Crippen LogP contribution in [-0.2, 0) is 11.3 Å². The number of aliphatic carboxylic acids is 1. The summed E-state index contributed by atoms with van der Waals surface area (Å²) in [6, 6.07) is 16.1. The molecule has 0 unspecified atom stereocenters. The number of nitrogens with zero attached hydrogens (tertiary/aromatic N) is 2. The van der Waals surface area contributed by atoms with E-state index in [1.807, 2.05) is 18.2 Å². The fourth-order valence-corrected chi connectivity index (χ4v) is 2.93. The standard InChI is InChI=1S/C20H16N2O2/c1-2-22-18-9-4-3-8-16(18)17-12-14(10-11-19(17)22)6-5-7-15(13-21)20(23)24/h3-12H,2H2,1H3,(H,23,24). The van der Waals surface area contributed by atoms with Crippen LogP contribution in [0.3, 0.4) is 0 Å². The lowest BCUT2D eigenvalue weighted by Gasteiger charge is -2.02. The first-order chi connectivity index (χ1) is 11.7. The molecule has 0 aliphatic carbocycles. The highest BCUT2D eigenvalue weighted by atomic mass is 16.4. The number of aryl methyl sites for hydroxylation is 1. The lowest BCUT2D eigenvalue weighted by Crippen LogP contribution is -1.96. The second kappa shape index (κ2) is 6.43. The molecule has 3 rings (SSSR count). The van der Waals surface area contributed by atoms with Gasteiger partial charge < -0.3 is 9.67 Å². The Bertz CT molecular complexity index is 1030. The van der Waals surface area contributed by atoms with E-state index in [4.69, 9.17) is 10.4 Å². The van der Waals surface area contributed by atoms with E-state index in [-0.39, 0.29) is 5.57 Å². The highest BCUT2D eigenvalue weighted by molar-refractivity contribution is 6.08. The van der Waals surface area contributed by atoms with Gasteiger partial charge in [-0.3, -0.25) is 0 Å². The van der Waals surface area contributed by atoms with Gasteiger partial charge in [-0.1, -0.05) is 36.4 Å². The molecule has 1 aromatic heterocycles. The van der Waals surface area contributed by atoms with E-state index in [0.29, 0.717) is 0 Å². The average molecular weight is 316 g/mol. The summed E-state index contributed by atoms with van der Waals surface area (Å²) in [6.45, 7) is 3.02. The van der Waals surface area contributed by atoms with Gasteiger partial charge in [-0.2, -0.15) is 5.26 Å². The first-order valence-electron chi connectivity index (χ1n) is 7.68. The number of para-hydroxylation sites is 1. The van der Waals surface area contributed by atoms with Gasteiger partial charge in [0.25, 0.3) is 0 Å². The first-order valence-corrected chi connectivity index (χ1v) is 7.68. The van der Waals surface area contributed by atoms with Gasteiger partial charge >= 0.3 is 5.97 Å². The molecule has 0 bridgehead atoms. The second-order valence-electron chi connectivity index (χ2n) is 5.39. The molecule has 24 heavy (non-hydrogen) atoms. The van der Waals surface area contributed by atoms with Crippen molar-refractivity contribution in [3.05, 3.63) is 65.8 Å². The number of hydrogen-bond donors (Lipinski definition) is 1. The largest absolute Gasteiger partial charge is 0.477 e. The summed E-state index contributed by atoms with van der Waals surface area (Å²) in [7, 11) is 0. The number of aromatic nitrogens is 1. The van der Waals surface area contributed by atoms with Crippen LogP contribution in [0, 0.1) is 11.3 Å². The van der Waals surface area contributed by atoms with E-state index < -0.39 is 5.97 Å². The van der Waals surface area contributed by atoms with Gasteiger partial charge in [0.15, 0.2) is 0 Å². The van der Waals surface area contributed by atoms with E-state index in [2.05, 4.69) is 35.8 Å². The average Bonchev–Trinajstić information content (AvgIpc) is 2.91. The van der Waals surface area contributed by atoms with Crippen molar-refractivity contribution in [1.29, 1.82) is 5.26 Å². The molecule has 3 aromatic rings. The molecule has 118 valence electrons. The summed E-state index contributed by atoms with van der Waals surface area (Å²) >= 11 is 0. The minimum Gasteiger partial charge on any atom is -0.477 e. The number of carbonyl (C=O) groups is 1. The molecule has 0 aliphatic rings. The molecule has 1 N–H and O–H groups in total. The monoisotopic (exact) mass is 316 g/mol. The van der Waals surface area contributed by atoms with Crippen LogP contribution in [0.5, 0.6) is 0 Å². The molecular weight excluding hydrogens is 300 g/mol. The van der Waals surface area contributed by atoms with Crippen LogP contribution in [0.1, 0.15) is 12.5 Å². The number of allylic oxidation sites excluding steroid dienone is 2. The molecule has 0 atom stereocenters. The predicted octanol–water partition coefficient (Wildman–Crippen LogP) is 4.36. The Balaban J connectivity index is 2.08. The molecule has 0 saturated heterocycles. The van der Waals surface area contributed by atoms with Crippen molar-refractivity contribution in [2.45, 2.75) is 13.5 Å². The maximum atomic E-state index is 10.8. The fraction of sp³-hybridized carbons (Fsp3) is 0.100. The minimum absolute atomic E-state index is 0.282. The van der Waals surface area contributed by atoms with Crippen molar-refractivity contribution < 1.29 is 9.90 Å². The van der Waals surface area contributed by atoms with Gasteiger partial charge in [0.1, 0.15) is 11.6 Å². The Morgan fingerprint density at radius 2 is 1.96 bits per heavy atom. The number of carboxylic acids is 1. The van der Waals surface area contributed by atoms with Gasteiger partial charge in [-0.05, 0) is 36.8 Å². The van der Waals surface area contributed by atoms with Crippen molar-refractivity contribution >= 4 is 33.9 Å². The van der Waals surface area contributed by atoms with Gasteiger partial charge in [-0.15, -0.1) is 0 Å². The number of carboxylic acid groups (broad SMARTS) is 1. The predicted molar refractivity (Wildman–Crippen MR) is 95.5 cm³/mol. The Hall–Kier alpha value is -3.32. The van der Waals surface area contributed by atoms with Crippen molar-refractivity contribution in [2.75, 3.05) is 0 Å². The molecule has 0 aliphatic heterocycles. The van der Waals surface area contributed by atoms with Crippen molar-refractivity contribution in [3.8, 4) is 6.07 Å². The minimum atomic E-state index is -1.22. The normalized spacial score (nSPS) is 12.1. The van der Waals surface area contributed by atoms with Gasteiger partial charge in [-0.25, -0.2) is 4.79 Å². The lowest BCUT2D eigenvalue weighted by molar-refractivity contribution is -0.132. The number of rotatable bonds is 4. The Labute approximate surface area is 139 Å². The van der Waals surface area contributed by atoms with Crippen LogP contribution < -0.4 is 0 Å². The summed E-state index contributed by atoms with van der Waals surface area (Å²) in [5, 5.41) is 19.9. The smallest absolute Gasteiger partial charge is 0.346 e. The molecule has 2 aromatic carbocycles. The van der Waals surface area contributed by atoms with Crippen LogP contribution in [-0.4, -0.2) is 15.6 Å². The van der Waals surface area contributed by atoms with Crippen LogP contribution in [0.25, 0.3) is 27.9 Å². The van der Waals surface area contributed by atoms with E-state index >= 15 is 0 Å². The molecule has 0 spiro atoms. The lowest BCUT2D eigenvalue weighted by atomic mass is 10.1. The third-order valence-electron chi connectivity index (χ3n) is 4.02. The molecule has 4 heteroatoms. The number of hydrogen-bond acceptors (Lipinski definition) is 2. The fourth-order valence-electron chi connectivity index (χ4n) is 2.93. The Morgan fingerprint density at radius 3 is 2.67 bits per heavy atom. The van der Waals surface area contributed by atoms with Gasteiger partial charge in [0.2, 0.25) is 0 Å². The summed E-state index contributed by atoms with van der Waals surface area (Å²) in [5.41, 5.74) is 3.05. The topological polar surface area (TPSA) is 66.0 Å². The molecular formula is C20H16N2O2. The van der Waals surface area contributed by atoms with Crippen LogP contribution >= 0.6 is 0 Å². The summed E-state index contributed by atoms with van der Waals surface area (Å²) in [4.78, 5) is 10.8. The maximum absolute atomic E-state index is 10.8. The third kappa shape index (κ3) is 2.68. The zero-order chi connectivity index (χ0) is 17.1. The number of fused-ring (bicyclic) bond motifs is 3.